The topological polar surface area (TPSA) is 43.4 Å². The van der Waals surface area contributed by atoms with Gasteiger partial charge in [0, 0.05) is 11.1 Å². The summed E-state index contributed by atoms with van der Waals surface area (Å²) in [5, 5.41) is 0. The maximum absolute atomic E-state index is 13.3. The molecule has 3 nitrogen and oxygen atoms in total. The van der Waals surface area contributed by atoms with Gasteiger partial charge in [0.1, 0.15) is 12.1 Å². The number of carbonyl (C=O) groups is 2. The summed E-state index contributed by atoms with van der Waals surface area (Å²) >= 11 is 0. The first-order chi connectivity index (χ1) is 8.17. The molecular weight excluding hydrogens is 223 g/mol. The van der Waals surface area contributed by atoms with Gasteiger partial charge in [0.15, 0.2) is 0 Å². The Morgan fingerprint density at radius 3 is 2.88 bits per heavy atom. The van der Waals surface area contributed by atoms with Gasteiger partial charge in [0.25, 0.3) is 0 Å². The molecule has 0 heterocycles. The van der Waals surface area contributed by atoms with Crippen molar-refractivity contribution < 1.29 is 18.7 Å². The third kappa shape index (κ3) is 4.18. The fourth-order valence-corrected chi connectivity index (χ4v) is 1.27. The predicted octanol–water partition coefficient (Wildman–Crippen LogP) is 2.60. The first-order valence-electron chi connectivity index (χ1n) is 5.24. The molecule has 0 saturated carbocycles. The number of carbonyl (C=O) groups excluding carboxylic acids is 2. The summed E-state index contributed by atoms with van der Waals surface area (Å²) in [5.74, 6) is -0.800. The van der Waals surface area contributed by atoms with E-state index in [-0.39, 0.29) is 18.0 Å². The zero-order chi connectivity index (χ0) is 12.7. The molecule has 0 fully saturated rings. The van der Waals surface area contributed by atoms with Gasteiger partial charge in [-0.25, -0.2) is 4.39 Å². The Labute approximate surface area is 98.9 Å². The molecule has 17 heavy (non-hydrogen) atoms. The van der Waals surface area contributed by atoms with Crippen LogP contribution in [0.25, 0.3) is 6.08 Å². The summed E-state index contributed by atoms with van der Waals surface area (Å²) in [6.07, 6.45) is 3.69. The second-order valence-corrected chi connectivity index (χ2v) is 3.31. The van der Waals surface area contributed by atoms with Crippen molar-refractivity contribution in [3.05, 3.63) is 41.2 Å². The van der Waals surface area contributed by atoms with Gasteiger partial charge in [-0.2, -0.15) is 0 Å². The van der Waals surface area contributed by atoms with E-state index in [4.69, 9.17) is 4.74 Å². The number of hydrogen-bond donors (Lipinski definition) is 0. The molecule has 0 aromatic heterocycles. The quantitative estimate of drug-likeness (QED) is 0.583. The smallest absolute Gasteiger partial charge is 0.309 e. The average molecular weight is 236 g/mol. The lowest BCUT2D eigenvalue weighted by Crippen LogP contribution is -2.01. The summed E-state index contributed by atoms with van der Waals surface area (Å²) in [5.41, 5.74) is 0.668. The maximum atomic E-state index is 13.3. The predicted molar refractivity (Wildman–Crippen MR) is 62.1 cm³/mol. The minimum absolute atomic E-state index is 0.0819. The molecule has 1 rings (SSSR count). The first-order valence-corrected chi connectivity index (χ1v) is 5.24. The minimum Gasteiger partial charge on any atom is -0.466 e. The highest BCUT2D eigenvalue weighted by Crippen LogP contribution is 2.11. The molecule has 1 aromatic carbocycles. The number of halogens is 1. The first kappa shape index (κ1) is 13.1. The number of hydrogen-bond acceptors (Lipinski definition) is 3. The van der Waals surface area contributed by atoms with E-state index in [1.165, 1.54) is 30.4 Å². The molecule has 0 aliphatic carbocycles. The van der Waals surface area contributed by atoms with Crippen LogP contribution >= 0.6 is 0 Å². The largest absolute Gasteiger partial charge is 0.466 e. The molecule has 0 unspecified atom stereocenters. The Balaban J connectivity index is 2.70. The Kier molecular flexibility index (Phi) is 5.07. The van der Waals surface area contributed by atoms with Gasteiger partial charge >= 0.3 is 5.97 Å². The Morgan fingerprint density at radius 2 is 2.24 bits per heavy atom. The standard InChI is InChI=1S/C13H13FO3/c1-2-17-13(16)5-3-4-11-8-10(9-15)6-7-12(11)14/h3-4,6-9H,2,5H2,1H3. The summed E-state index contributed by atoms with van der Waals surface area (Å²) in [7, 11) is 0. The van der Waals surface area contributed by atoms with Crippen LogP contribution in [0.4, 0.5) is 4.39 Å². The van der Waals surface area contributed by atoms with Crippen molar-refractivity contribution in [1.82, 2.24) is 0 Å². The fraction of sp³-hybridized carbons (Fsp3) is 0.231. The summed E-state index contributed by atoms with van der Waals surface area (Å²) in [4.78, 5) is 21.5. The van der Waals surface area contributed by atoms with Crippen molar-refractivity contribution in [2.24, 2.45) is 0 Å². The molecule has 1 aromatic rings. The van der Waals surface area contributed by atoms with Crippen molar-refractivity contribution in [1.29, 1.82) is 0 Å². The molecule has 0 bridgehead atoms. The van der Waals surface area contributed by atoms with Gasteiger partial charge in [0.05, 0.1) is 13.0 Å². The Bertz CT molecular complexity index is 438. The highest BCUT2D eigenvalue weighted by molar-refractivity contribution is 5.77. The van der Waals surface area contributed by atoms with Crippen LogP contribution in [0.15, 0.2) is 24.3 Å². The van der Waals surface area contributed by atoms with E-state index in [1.807, 2.05) is 0 Å². The molecule has 0 spiro atoms. The van der Waals surface area contributed by atoms with Crippen LogP contribution in [0.1, 0.15) is 29.3 Å². The Morgan fingerprint density at radius 1 is 1.47 bits per heavy atom. The van der Waals surface area contributed by atoms with Crippen LogP contribution < -0.4 is 0 Å². The van der Waals surface area contributed by atoms with Gasteiger partial charge in [-0.05, 0) is 25.1 Å². The van der Waals surface area contributed by atoms with Crippen LogP contribution in [-0.4, -0.2) is 18.9 Å². The zero-order valence-corrected chi connectivity index (χ0v) is 9.48. The summed E-state index contributed by atoms with van der Waals surface area (Å²) < 4.78 is 18.0. The van der Waals surface area contributed by atoms with Crippen LogP contribution in [0.5, 0.6) is 0 Å². The molecule has 4 heteroatoms. The number of ether oxygens (including phenoxy) is 1. The van der Waals surface area contributed by atoms with Crippen LogP contribution in [-0.2, 0) is 9.53 Å². The normalized spacial score (nSPS) is 10.5. The summed E-state index contributed by atoms with van der Waals surface area (Å²) in [6, 6.07) is 4.03. The van der Waals surface area contributed by atoms with Crippen molar-refractivity contribution in [3.8, 4) is 0 Å². The van der Waals surface area contributed by atoms with Gasteiger partial charge in [-0.15, -0.1) is 0 Å². The van der Waals surface area contributed by atoms with E-state index in [1.54, 1.807) is 6.92 Å². The van der Waals surface area contributed by atoms with Crippen LogP contribution in [0.2, 0.25) is 0 Å². The minimum atomic E-state index is -0.435. The molecule has 0 atom stereocenters. The highest BCUT2D eigenvalue weighted by Gasteiger charge is 2.01. The van der Waals surface area contributed by atoms with Crippen molar-refractivity contribution in [2.75, 3.05) is 6.61 Å². The highest BCUT2D eigenvalue weighted by atomic mass is 19.1. The van der Waals surface area contributed by atoms with E-state index in [0.29, 0.717) is 18.5 Å². The fourth-order valence-electron chi connectivity index (χ4n) is 1.27. The molecule has 0 aliphatic heterocycles. The second kappa shape index (κ2) is 6.58. The average Bonchev–Trinajstić information content (AvgIpc) is 2.32. The number of benzene rings is 1. The van der Waals surface area contributed by atoms with Crippen molar-refractivity contribution in [2.45, 2.75) is 13.3 Å². The molecule has 90 valence electrons. The van der Waals surface area contributed by atoms with Gasteiger partial charge in [-0.3, -0.25) is 9.59 Å². The van der Waals surface area contributed by atoms with E-state index >= 15 is 0 Å². The third-order valence-corrected chi connectivity index (χ3v) is 2.04. The zero-order valence-electron chi connectivity index (χ0n) is 9.48. The van der Waals surface area contributed by atoms with Crippen LogP contribution in [0.3, 0.4) is 0 Å². The summed E-state index contributed by atoms with van der Waals surface area (Å²) in [6.45, 7) is 2.04. The molecule has 0 radical (unpaired) electrons. The maximum Gasteiger partial charge on any atom is 0.309 e. The molecular formula is C13H13FO3. The molecule has 0 N–H and O–H groups in total. The van der Waals surface area contributed by atoms with Gasteiger partial charge in [-0.1, -0.05) is 12.2 Å². The molecule has 0 saturated heterocycles. The Hall–Kier alpha value is -1.97. The lowest BCUT2D eigenvalue weighted by atomic mass is 10.1. The monoisotopic (exact) mass is 236 g/mol. The second-order valence-electron chi connectivity index (χ2n) is 3.31. The van der Waals surface area contributed by atoms with Gasteiger partial charge < -0.3 is 4.74 Å². The SMILES string of the molecule is CCOC(=O)CC=Cc1cc(C=O)ccc1F. The van der Waals surface area contributed by atoms with Gasteiger partial charge in [0.2, 0.25) is 0 Å². The van der Waals surface area contributed by atoms with E-state index in [9.17, 15) is 14.0 Å². The van der Waals surface area contributed by atoms with Crippen molar-refractivity contribution in [3.63, 3.8) is 0 Å². The van der Waals surface area contributed by atoms with Crippen molar-refractivity contribution >= 4 is 18.3 Å². The lowest BCUT2D eigenvalue weighted by Gasteiger charge is -1.99. The number of esters is 1. The number of rotatable bonds is 5. The lowest BCUT2D eigenvalue weighted by molar-refractivity contribution is -0.142. The van der Waals surface area contributed by atoms with E-state index in [0.717, 1.165) is 0 Å². The molecule has 0 aliphatic rings. The van der Waals surface area contributed by atoms with E-state index in [2.05, 4.69) is 0 Å². The van der Waals surface area contributed by atoms with E-state index < -0.39 is 5.82 Å². The third-order valence-electron chi connectivity index (χ3n) is 2.04. The van der Waals surface area contributed by atoms with Crippen LogP contribution in [0, 0.1) is 5.82 Å². The molecule has 0 amide bonds. The number of aldehydes is 1.